The molecular formula is C10H14O3. The topological polar surface area (TPSA) is 46.5 Å². The molecule has 1 saturated heterocycles. The van der Waals surface area contributed by atoms with Gasteiger partial charge in [0.2, 0.25) is 0 Å². The van der Waals surface area contributed by atoms with Crippen LogP contribution in [0.4, 0.5) is 0 Å². The maximum Gasteiger partial charge on any atom is 0.159 e. The molecule has 1 heterocycles. The van der Waals surface area contributed by atoms with Crippen molar-refractivity contribution in [1.82, 2.24) is 0 Å². The molecule has 3 nitrogen and oxygen atoms in total. The van der Waals surface area contributed by atoms with Crippen LogP contribution >= 0.6 is 0 Å². The van der Waals surface area contributed by atoms with Crippen molar-refractivity contribution in [2.75, 3.05) is 13.2 Å². The Bertz CT molecular complexity index is 239. The molecule has 2 rings (SSSR count). The van der Waals surface area contributed by atoms with Crippen LogP contribution < -0.4 is 0 Å². The third-order valence-electron chi connectivity index (χ3n) is 2.89. The Morgan fingerprint density at radius 3 is 2.85 bits per heavy atom. The van der Waals surface area contributed by atoms with Gasteiger partial charge >= 0.3 is 0 Å². The number of aliphatic hydroxyl groups excluding tert-OH is 1. The summed E-state index contributed by atoms with van der Waals surface area (Å²) in [6.07, 6.45) is 3.62. The zero-order chi connectivity index (χ0) is 9.26. The fourth-order valence-electron chi connectivity index (χ4n) is 2.16. The monoisotopic (exact) mass is 182 g/mol. The Labute approximate surface area is 77.4 Å². The number of carbonyl (C=O) groups is 1. The van der Waals surface area contributed by atoms with Crippen molar-refractivity contribution < 1.29 is 14.6 Å². The molecule has 1 N–H and O–H groups in total. The zero-order valence-electron chi connectivity index (χ0n) is 7.53. The number of allylic oxidation sites excluding steroid dienone is 2. The van der Waals surface area contributed by atoms with Gasteiger partial charge in [-0.3, -0.25) is 4.79 Å². The van der Waals surface area contributed by atoms with Gasteiger partial charge in [0.1, 0.15) is 0 Å². The van der Waals surface area contributed by atoms with E-state index in [1.54, 1.807) is 0 Å². The van der Waals surface area contributed by atoms with Crippen LogP contribution in [0.5, 0.6) is 0 Å². The van der Waals surface area contributed by atoms with Gasteiger partial charge in [0.15, 0.2) is 5.78 Å². The smallest absolute Gasteiger partial charge is 0.159 e. The van der Waals surface area contributed by atoms with Crippen LogP contribution in [0.25, 0.3) is 0 Å². The maximum absolute atomic E-state index is 11.2. The number of rotatable bonds is 1. The molecule has 0 saturated carbocycles. The van der Waals surface area contributed by atoms with Crippen LogP contribution in [-0.2, 0) is 9.53 Å². The number of hydrogen-bond acceptors (Lipinski definition) is 3. The molecule has 1 aliphatic carbocycles. The molecule has 72 valence electrons. The summed E-state index contributed by atoms with van der Waals surface area (Å²) in [5, 5.41) is 9.31. The van der Waals surface area contributed by atoms with Crippen LogP contribution in [-0.4, -0.2) is 24.1 Å². The molecular weight excluding hydrogens is 168 g/mol. The van der Waals surface area contributed by atoms with E-state index in [0.717, 1.165) is 19.6 Å². The van der Waals surface area contributed by atoms with Gasteiger partial charge in [-0.2, -0.15) is 0 Å². The number of ether oxygens (including phenoxy) is 1. The van der Waals surface area contributed by atoms with Crippen LogP contribution in [0.15, 0.2) is 11.8 Å². The summed E-state index contributed by atoms with van der Waals surface area (Å²) in [5.74, 6) is 1.08. The van der Waals surface area contributed by atoms with Crippen LogP contribution in [0.1, 0.15) is 19.3 Å². The molecule has 0 aromatic carbocycles. The Kier molecular flexibility index (Phi) is 2.36. The first-order chi connectivity index (χ1) is 6.25. The summed E-state index contributed by atoms with van der Waals surface area (Å²) in [6, 6.07) is 0. The second kappa shape index (κ2) is 3.50. The van der Waals surface area contributed by atoms with E-state index in [1.165, 1.54) is 6.08 Å². The Morgan fingerprint density at radius 2 is 2.23 bits per heavy atom. The van der Waals surface area contributed by atoms with E-state index in [0.29, 0.717) is 24.7 Å². The minimum Gasteiger partial charge on any atom is -0.512 e. The van der Waals surface area contributed by atoms with Crippen LogP contribution in [0.2, 0.25) is 0 Å². The van der Waals surface area contributed by atoms with E-state index >= 15 is 0 Å². The zero-order valence-corrected chi connectivity index (χ0v) is 7.53. The summed E-state index contributed by atoms with van der Waals surface area (Å²) in [7, 11) is 0. The predicted molar refractivity (Wildman–Crippen MR) is 47.4 cm³/mol. The highest BCUT2D eigenvalue weighted by Crippen LogP contribution is 2.32. The molecule has 2 unspecified atom stereocenters. The standard InChI is InChI=1S/C10H14O3/c11-9-3-8(4-10(12)5-9)7-1-2-13-6-7/h5,7-8,11H,1-4,6H2. The van der Waals surface area contributed by atoms with Crippen molar-refractivity contribution >= 4 is 5.78 Å². The largest absolute Gasteiger partial charge is 0.512 e. The van der Waals surface area contributed by atoms with Gasteiger partial charge in [-0.15, -0.1) is 0 Å². The average molecular weight is 182 g/mol. The van der Waals surface area contributed by atoms with Gasteiger partial charge in [-0.05, 0) is 18.3 Å². The first-order valence-electron chi connectivity index (χ1n) is 4.76. The summed E-state index contributed by atoms with van der Waals surface area (Å²) in [4.78, 5) is 11.2. The lowest BCUT2D eigenvalue weighted by Gasteiger charge is -2.23. The normalized spacial score (nSPS) is 34.8. The molecule has 1 fully saturated rings. The van der Waals surface area contributed by atoms with E-state index in [2.05, 4.69) is 0 Å². The Morgan fingerprint density at radius 1 is 1.38 bits per heavy atom. The lowest BCUT2D eigenvalue weighted by molar-refractivity contribution is -0.116. The predicted octanol–water partition coefficient (Wildman–Crippen LogP) is 1.44. The maximum atomic E-state index is 11.2. The van der Waals surface area contributed by atoms with E-state index in [9.17, 15) is 9.90 Å². The fraction of sp³-hybridized carbons (Fsp3) is 0.700. The quantitative estimate of drug-likeness (QED) is 0.667. The molecule has 1 aliphatic heterocycles. The molecule has 0 aromatic rings. The number of aliphatic hydroxyl groups is 1. The number of hydrogen-bond donors (Lipinski definition) is 1. The van der Waals surface area contributed by atoms with Crippen molar-refractivity contribution in [2.45, 2.75) is 19.3 Å². The number of carbonyl (C=O) groups excluding carboxylic acids is 1. The molecule has 0 spiro atoms. The molecule has 0 radical (unpaired) electrons. The third kappa shape index (κ3) is 1.91. The van der Waals surface area contributed by atoms with Crippen molar-refractivity contribution in [3.05, 3.63) is 11.8 Å². The fourth-order valence-corrected chi connectivity index (χ4v) is 2.16. The van der Waals surface area contributed by atoms with Gasteiger partial charge in [-0.25, -0.2) is 0 Å². The van der Waals surface area contributed by atoms with Gasteiger partial charge in [0.05, 0.1) is 5.76 Å². The highest BCUT2D eigenvalue weighted by molar-refractivity contribution is 5.91. The van der Waals surface area contributed by atoms with Crippen molar-refractivity contribution in [2.24, 2.45) is 11.8 Å². The summed E-state index contributed by atoms with van der Waals surface area (Å²) < 4.78 is 5.27. The Balaban J connectivity index is 2.01. The molecule has 0 amide bonds. The minimum absolute atomic E-state index is 0.0562. The average Bonchev–Trinajstić information content (AvgIpc) is 2.53. The number of ketones is 1. The van der Waals surface area contributed by atoms with Crippen molar-refractivity contribution in [3.8, 4) is 0 Å². The van der Waals surface area contributed by atoms with Crippen LogP contribution in [0.3, 0.4) is 0 Å². The van der Waals surface area contributed by atoms with Crippen LogP contribution in [0, 0.1) is 11.8 Å². The first kappa shape index (κ1) is 8.75. The van der Waals surface area contributed by atoms with E-state index in [-0.39, 0.29) is 11.5 Å². The van der Waals surface area contributed by atoms with Gasteiger partial charge in [-0.1, -0.05) is 0 Å². The summed E-state index contributed by atoms with van der Waals surface area (Å²) in [6.45, 7) is 1.56. The molecule has 3 heteroatoms. The second-order valence-corrected chi connectivity index (χ2v) is 3.89. The second-order valence-electron chi connectivity index (χ2n) is 3.89. The highest BCUT2D eigenvalue weighted by Gasteiger charge is 2.30. The molecule has 2 aliphatic rings. The van der Waals surface area contributed by atoms with Gasteiger partial charge < -0.3 is 9.84 Å². The van der Waals surface area contributed by atoms with E-state index in [1.807, 2.05) is 0 Å². The molecule has 0 bridgehead atoms. The highest BCUT2D eigenvalue weighted by atomic mass is 16.5. The summed E-state index contributed by atoms with van der Waals surface area (Å²) >= 11 is 0. The Hall–Kier alpha value is -0.830. The van der Waals surface area contributed by atoms with E-state index in [4.69, 9.17) is 4.74 Å². The first-order valence-corrected chi connectivity index (χ1v) is 4.76. The third-order valence-corrected chi connectivity index (χ3v) is 2.89. The minimum atomic E-state index is 0.0562. The van der Waals surface area contributed by atoms with Crippen molar-refractivity contribution in [3.63, 3.8) is 0 Å². The lowest BCUT2D eigenvalue weighted by Crippen LogP contribution is -2.22. The SMILES string of the molecule is O=C1C=C(O)CC(C2CCOC2)C1. The van der Waals surface area contributed by atoms with Gasteiger partial charge in [0, 0.05) is 32.1 Å². The van der Waals surface area contributed by atoms with Gasteiger partial charge in [0.25, 0.3) is 0 Å². The van der Waals surface area contributed by atoms with E-state index < -0.39 is 0 Å². The summed E-state index contributed by atoms with van der Waals surface area (Å²) in [5.41, 5.74) is 0. The molecule has 2 atom stereocenters. The molecule has 13 heavy (non-hydrogen) atoms. The molecule has 0 aromatic heterocycles. The van der Waals surface area contributed by atoms with Crippen molar-refractivity contribution in [1.29, 1.82) is 0 Å². The lowest BCUT2D eigenvalue weighted by atomic mass is 9.81.